The molecule has 1 fully saturated rings. The first-order valence-electron chi connectivity index (χ1n) is 12.4. The Balaban J connectivity index is 0.000000450. The van der Waals surface area contributed by atoms with Crippen LogP contribution in [0, 0.1) is 0 Å². The van der Waals surface area contributed by atoms with Crippen molar-refractivity contribution in [3.05, 3.63) is 53.6 Å². The average molecular weight is 504 g/mol. The van der Waals surface area contributed by atoms with Crippen molar-refractivity contribution in [1.82, 2.24) is 4.90 Å². The van der Waals surface area contributed by atoms with Crippen LogP contribution in [0.5, 0.6) is 17.2 Å². The maximum atomic E-state index is 10.5. The van der Waals surface area contributed by atoms with E-state index in [1.165, 1.54) is 5.56 Å². The highest BCUT2D eigenvalue weighted by atomic mass is 16.5. The lowest BCUT2D eigenvalue weighted by Crippen LogP contribution is -2.41. The Morgan fingerprint density at radius 1 is 0.944 bits per heavy atom. The summed E-state index contributed by atoms with van der Waals surface area (Å²) in [5.74, 6) is 0.390. The van der Waals surface area contributed by atoms with E-state index in [4.69, 9.17) is 24.4 Å². The Kier molecular flexibility index (Phi) is 14.7. The van der Waals surface area contributed by atoms with E-state index in [0.717, 1.165) is 62.1 Å². The fourth-order valence-electron chi connectivity index (χ4n) is 3.86. The Hall–Kier alpha value is -3.26. The van der Waals surface area contributed by atoms with Gasteiger partial charge in [-0.15, -0.1) is 0 Å². The number of ether oxygens (including phenoxy) is 3. The number of hydrogen-bond acceptors (Lipinski definition) is 6. The lowest BCUT2D eigenvalue weighted by atomic mass is 10.0. The number of nitrogens with zero attached hydrogens (tertiary/aromatic N) is 1. The van der Waals surface area contributed by atoms with Crippen molar-refractivity contribution >= 4 is 11.9 Å². The summed E-state index contributed by atoms with van der Waals surface area (Å²) < 4.78 is 15.7. The third-order valence-electron chi connectivity index (χ3n) is 5.70. The minimum atomic E-state index is -0.978. The van der Waals surface area contributed by atoms with Crippen molar-refractivity contribution < 1.29 is 34.0 Å². The van der Waals surface area contributed by atoms with Crippen LogP contribution in [0.4, 0.5) is 0 Å². The minimum Gasteiger partial charge on any atom is -0.493 e. The molecule has 0 radical (unpaired) electrons. The molecule has 2 N–H and O–H groups in total. The number of aryl methyl sites for hydroxylation is 2. The van der Waals surface area contributed by atoms with E-state index >= 15 is 0 Å². The third kappa shape index (κ3) is 11.0. The first kappa shape index (κ1) is 30.8. The Morgan fingerprint density at radius 3 is 2.17 bits per heavy atom. The Morgan fingerprint density at radius 2 is 1.61 bits per heavy atom. The molecular weight excluding hydrogens is 462 g/mol. The quantitative estimate of drug-likeness (QED) is 0.470. The van der Waals surface area contributed by atoms with Crippen molar-refractivity contribution in [2.45, 2.75) is 58.4 Å². The van der Waals surface area contributed by atoms with E-state index in [0.29, 0.717) is 5.75 Å². The molecule has 8 nitrogen and oxygen atoms in total. The first-order chi connectivity index (χ1) is 17.3. The fraction of sp³-hybridized carbons (Fsp3) is 0.500. The predicted molar refractivity (Wildman–Crippen MR) is 140 cm³/mol. The zero-order chi connectivity index (χ0) is 26.9. The molecule has 0 amide bonds. The number of methoxy groups -OCH3 is 2. The number of likely N-dealkylation sites (tertiary alicyclic amines) is 1. The van der Waals surface area contributed by atoms with Crippen LogP contribution in [0.2, 0.25) is 0 Å². The summed E-state index contributed by atoms with van der Waals surface area (Å²) in [6.07, 6.45) is 5.78. The summed E-state index contributed by atoms with van der Waals surface area (Å²) >= 11 is 0. The number of likely N-dealkylation sites (N-methyl/N-ethyl adjacent to an activating group) is 1. The SMILES string of the molecule is CC.CN1CCCC[C@H]1C(=O)O.COc1ccc(CCCc2cccc(OCC(=O)O)c2)cc1OC. The lowest BCUT2D eigenvalue weighted by molar-refractivity contribution is -0.144. The molecule has 2 aromatic carbocycles. The van der Waals surface area contributed by atoms with E-state index in [9.17, 15) is 9.59 Å². The van der Waals surface area contributed by atoms with E-state index < -0.39 is 11.9 Å². The molecule has 1 atom stereocenters. The number of benzene rings is 2. The molecule has 0 spiro atoms. The van der Waals surface area contributed by atoms with Crippen molar-refractivity contribution in [2.75, 3.05) is 34.4 Å². The number of carboxylic acid groups (broad SMARTS) is 2. The second-order valence-electron chi connectivity index (χ2n) is 8.20. The van der Waals surface area contributed by atoms with Gasteiger partial charge in [-0.05, 0) is 81.1 Å². The standard InChI is InChI=1S/C19H22O5.C7H13NO2.C2H6/c1-22-17-10-9-15(12-18(17)23-2)6-3-5-14-7-4-8-16(11-14)24-13-19(20)21;1-8-5-3-2-4-6(8)7(9)10;1-2/h4,7-12H,3,5-6,13H2,1-2H3,(H,20,21);6H,2-5H2,1H3,(H,9,10);1-2H3/t;6-;/m.0./s1. The number of aliphatic carboxylic acids is 2. The molecule has 1 heterocycles. The van der Waals surface area contributed by atoms with Gasteiger partial charge in [0.2, 0.25) is 0 Å². The normalized spacial score (nSPS) is 14.9. The van der Waals surface area contributed by atoms with E-state index in [1.807, 2.05) is 62.2 Å². The Labute approximate surface area is 214 Å². The summed E-state index contributed by atoms with van der Waals surface area (Å²) in [6.45, 7) is 4.60. The van der Waals surface area contributed by atoms with Gasteiger partial charge in [-0.2, -0.15) is 0 Å². The predicted octanol–water partition coefficient (Wildman–Crippen LogP) is 4.92. The monoisotopic (exact) mass is 503 g/mol. The molecule has 1 aliphatic rings. The largest absolute Gasteiger partial charge is 0.493 e. The molecule has 200 valence electrons. The molecule has 0 saturated carbocycles. The summed E-state index contributed by atoms with van der Waals surface area (Å²) in [5.41, 5.74) is 2.31. The molecule has 3 rings (SSSR count). The van der Waals surface area contributed by atoms with Crippen LogP contribution in [0.25, 0.3) is 0 Å². The zero-order valence-electron chi connectivity index (χ0n) is 22.2. The summed E-state index contributed by atoms with van der Waals surface area (Å²) in [4.78, 5) is 23.0. The van der Waals surface area contributed by atoms with Crippen molar-refractivity contribution in [3.63, 3.8) is 0 Å². The van der Waals surface area contributed by atoms with Gasteiger partial charge in [-0.25, -0.2) is 4.79 Å². The highest BCUT2D eigenvalue weighted by Crippen LogP contribution is 2.28. The molecule has 8 heteroatoms. The smallest absolute Gasteiger partial charge is 0.341 e. The molecule has 0 bridgehead atoms. The number of hydrogen-bond donors (Lipinski definition) is 2. The number of piperidine rings is 1. The molecule has 0 aliphatic carbocycles. The van der Waals surface area contributed by atoms with E-state index in [1.54, 1.807) is 20.3 Å². The molecule has 1 saturated heterocycles. The van der Waals surface area contributed by atoms with Gasteiger partial charge in [0.05, 0.1) is 14.2 Å². The van der Waals surface area contributed by atoms with Crippen molar-refractivity contribution in [3.8, 4) is 17.2 Å². The van der Waals surface area contributed by atoms with Gasteiger partial charge in [-0.1, -0.05) is 38.5 Å². The second kappa shape index (κ2) is 17.2. The molecule has 0 unspecified atom stereocenters. The number of carbonyl (C=O) groups is 2. The fourth-order valence-corrected chi connectivity index (χ4v) is 3.86. The van der Waals surface area contributed by atoms with Gasteiger partial charge in [0.25, 0.3) is 0 Å². The summed E-state index contributed by atoms with van der Waals surface area (Å²) in [6, 6.07) is 13.3. The zero-order valence-corrected chi connectivity index (χ0v) is 22.2. The Bertz CT molecular complexity index is 932. The molecule has 0 aromatic heterocycles. The van der Waals surface area contributed by atoms with Gasteiger partial charge in [0.15, 0.2) is 18.1 Å². The van der Waals surface area contributed by atoms with Crippen molar-refractivity contribution in [1.29, 1.82) is 0 Å². The third-order valence-corrected chi connectivity index (χ3v) is 5.70. The topological polar surface area (TPSA) is 106 Å². The second-order valence-corrected chi connectivity index (χ2v) is 8.20. The maximum absolute atomic E-state index is 10.5. The van der Waals surface area contributed by atoms with Crippen LogP contribution in [-0.2, 0) is 22.4 Å². The molecular formula is C28H41NO7. The summed E-state index contributed by atoms with van der Waals surface area (Å²) in [7, 11) is 5.12. The van der Waals surface area contributed by atoms with E-state index in [-0.39, 0.29) is 12.6 Å². The van der Waals surface area contributed by atoms with Gasteiger partial charge >= 0.3 is 11.9 Å². The van der Waals surface area contributed by atoms with Crippen LogP contribution in [-0.4, -0.2) is 67.5 Å². The van der Waals surface area contributed by atoms with Crippen LogP contribution >= 0.6 is 0 Å². The maximum Gasteiger partial charge on any atom is 0.341 e. The van der Waals surface area contributed by atoms with Crippen LogP contribution in [0.15, 0.2) is 42.5 Å². The highest BCUT2D eigenvalue weighted by Gasteiger charge is 2.24. The van der Waals surface area contributed by atoms with Gasteiger partial charge < -0.3 is 24.4 Å². The lowest BCUT2D eigenvalue weighted by Gasteiger charge is -2.28. The van der Waals surface area contributed by atoms with Gasteiger partial charge in [-0.3, -0.25) is 9.69 Å². The van der Waals surface area contributed by atoms with Crippen LogP contribution in [0.1, 0.15) is 50.7 Å². The molecule has 1 aliphatic heterocycles. The van der Waals surface area contributed by atoms with Crippen LogP contribution in [0.3, 0.4) is 0 Å². The van der Waals surface area contributed by atoms with Crippen molar-refractivity contribution in [2.24, 2.45) is 0 Å². The van der Waals surface area contributed by atoms with Gasteiger partial charge in [0, 0.05) is 0 Å². The molecule has 36 heavy (non-hydrogen) atoms. The minimum absolute atomic E-state index is 0.228. The summed E-state index contributed by atoms with van der Waals surface area (Å²) in [5, 5.41) is 17.3. The highest BCUT2D eigenvalue weighted by molar-refractivity contribution is 5.73. The first-order valence-corrected chi connectivity index (χ1v) is 12.4. The van der Waals surface area contributed by atoms with Gasteiger partial charge in [0.1, 0.15) is 11.8 Å². The number of rotatable bonds is 10. The van der Waals surface area contributed by atoms with Crippen LogP contribution < -0.4 is 14.2 Å². The average Bonchev–Trinajstić information content (AvgIpc) is 2.89. The number of carboxylic acids is 2. The van der Waals surface area contributed by atoms with E-state index in [2.05, 4.69) is 0 Å². The molecule has 2 aromatic rings.